The third-order valence-electron chi connectivity index (χ3n) is 2.09. The first-order valence-corrected chi connectivity index (χ1v) is 5.41. The van der Waals surface area contributed by atoms with Crippen LogP contribution in [-0.4, -0.2) is 32.3 Å². The van der Waals surface area contributed by atoms with Gasteiger partial charge in [0.25, 0.3) is 0 Å². The molecule has 1 rings (SSSR count). The normalized spacial score (nSPS) is 11.3. The van der Waals surface area contributed by atoms with Crippen molar-refractivity contribution in [1.82, 2.24) is 0 Å². The van der Waals surface area contributed by atoms with Crippen molar-refractivity contribution in [2.45, 2.75) is 13.0 Å². The largest absolute Gasteiger partial charge is 0.491 e. The van der Waals surface area contributed by atoms with Crippen LogP contribution in [0.1, 0.15) is 6.92 Å². The van der Waals surface area contributed by atoms with Gasteiger partial charge in [-0.1, -0.05) is 0 Å². The Kier molecular flexibility index (Phi) is 8.11. The molecule has 1 atom stereocenters. The molecule has 0 aromatic heterocycles. The standard InChI is InChI=1S/C12H18N2O3.ClH/c1-9(13)12(15)14-10-3-5-11(6-4-10)17-8-7-16-2;/h3-6,9H,7-8,13H2,1-2H3,(H,14,15);1H/t9-;/m0./s1. The van der Waals surface area contributed by atoms with Crippen molar-refractivity contribution in [3.8, 4) is 5.75 Å². The Morgan fingerprint density at radius 1 is 1.33 bits per heavy atom. The Balaban J connectivity index is 0.00000289. The maximum absolute atomic E-state index is 11.3. The Morgan fingerprint density at radius 3 is 2.44 bits per heavy atom. The fraction of sp³-hybridized carbons (Fsp3) is 0.417. The highest BCUT2D eigenvalue weighted by molar-refractivity contribution is 5.94. The van der Waals surface area contributed by atoms with Crippen LogP contribution in [-0.2, 0) is 9.53 Å². The minimum Gasteiger partial charge on any atom is -0.491 e. The van der Waals surface area contributed by atoms with E-state index in [-0.39, 0.29) is 18.3 Å². The molecule has 0 aliphatic rings. The van der Waals surface area contributed by atoms with Gasteiger partial charge in [-0.15, -0.1) is 12.4 Å². The second-order valence-corrected chi connectivity index (χ2v) is 3.64. The fourth-order valence-corrected chi connectivity index (χ4v) is 1.13. The zero-order valence-electron chi connectivity index (χ0n) is 10.5. The van der Waals surface area contributed by atoms with Gasteiger partial charge in [0.1, 0.15) is 12.4 Å². The van der Waals surface area contributed by atoms with E-state index in [1.54, 1.807) is 38.3 Å². The average Bonchev–Trinajstić information content (AvgIpc) is 2.31. The molecule has 6 heteroatoms. The molecular formula is C12H19ClN2O3. The van der Waals surface area contributed by atoms with E-state index in [2.05, 4.69) is 5.32 Å². The van der Waals surface area contributed by atoms with Crippen LogP contribution in [0.15, 0.2) is 24.3 Å². The molecule has 0 saturated carbocycles. The van der Waals surface area contributed by atoms with Crippen LogP contribution in [0.3, 0.4) is 0 Å². The Morgan fingerprint density at radius 2 is 1.94 bits per heavy atom. The van der Waals surface area contributed by atoms with Gasteiger partial charge >= 0.3 is 0 Å². The molecule has 0 fully saturated rings. The third-order valence-corrected chi connectivity index (χ3v) is 2.09. The van der Waals surface area contributed by atoms with Gasteiger partial charge in [-0.05, 0) is 31.2 Å². The molecule has 102 valence electrons. The molecule has 0 saturated heterocycles. The highest BCUT2D eigenvalue weighted by atomic mass is 35.5. The molecule has 0 bridgehead atoms. The topological polar surface area (TPSA) is 73.6 Å². The first-order chi connectivity index (χ1) is 8.13. The number of rotatable bonds is 6. The summed E-state index contributed by atoms with van der Waals surface area (Å²) in [5, 5.41) is 2.69. The van der Waals surface area contributed by atoms with E-state index in [1.807, 2.05) is 0 Å². The number of carbonyl (C=O) groups is 1. The average molecular weight is 275 g/mol. The van der Waals surface area contributed by atoms with E-state index in [1.165, 1.54) is 0 Å². The van der Waals surface area contributed by atoms with Crippen LogP contribution in [0.2, 0.25) is 0 Å². The van der Waals surface area contributed by atoms with Crippen LogP contribution in [0, 0.1) is 0 Å². The summed E-state index contributed by atoms with van der Waals surface area (Å²) in [6.45, 7) is 2.68. The van der Waals surface area contributed by atoms with Crippen LogP contribution in [0.5, 0.6) is 5.75 Å². The van der Waals surface area contributed by atoms with Crippen LogP contribution in [0.4, 0.5) is 5.69 Å². The molecule has 0 heterocycles. The monoisotopic (exact) mass is 274 g/mol. The summed E-state index contributed by atoms with van der Waals surface area (Å²) < 4.78 is 10.3. The lowest BCUT2D eigenvalue weighted by Gasteiger charge is -2.09. The van der Waals surface area contributed by atoms with Gasteiger partial charge in [0.2, 0.25) is 5.91 Å². The van der Waals surface area contributed by atoms with Gasteiger partial charge in [-0.2, -0.15) is 0 Å². The number of ether oxygens (including phenoxy) is 2. The molecule has 3 N–H and O–H groups in total. The minimum absolute atomic E-state index is 0. The predicted molar refractivity (Wildman–Crippen MR) is 73.3 cm³/mol. The molecule has 1 aromatic carbocycles. The number of benzene rings is 1. The van der Waals surface area contributed by atoms with Crippen molar-refractivity contribution in [1.29, 1.82) is 0 Å². The Hall–Kier alpha value is -1.30. The molecule has 1 aromatic rings. The molecule has 0 unspecified atom stereocenters. The third kappa shape index (κ3) is 5.86. The molecule has 5 nitrogen and oxygen atoms in total. The number of carbonyl (C=O) groups excluding carboxylic acids is 1. The SMILES string of the molecule is COCCOc1ccc(NC(=O)[C@H](C)N)cc1.Cl. The molecule has 0 spiro atoms. The van der Waals surface area contributed by atoms with Gasteiger partial charge in [-0.3, -0.25) is 4.79 Å². The van der Waals surface area contributed by atoms with Crippen LogP contribution >= 0.6 is 12.4 Å². The summed E-state index contributed by atoms with van der Waals surface area (Å²) in [5.74, 6) is 0.527. The van der Waals surface area contributed by atoms with Gasteiger partial charge in [-0.25, -0.2) is 0 Å². The summed E-state index contributed by atoms with van der Waals surface area (Å²) in [5.41, 5.74) is 6.14. The predicted octanol–water partition coefficient (Wildman–Crippen LogP) is 1.42. The van der Waals surface area contributed by atoms with E-state index in [0.29, 0.717) is 18.9 Å². The summed E-state index contributed by atoms with van der Waals surface area (Å²) in [6, 6.07) is 6.58. The van der Waals surface area contributed by atoms with Crippen LogP contribution < -0.4 is 15.8 Å². The lowest BCUT2D eigenvalue weighted by Crippen LogP contribution is -2.32. The van der Waals surface area contributed by atoms with E-state index >= 15 is 0 Å². The van der Waals surface area contributed by atoms with Gasteiger partial charge in [0.05, 0.1) is 12.6 Å². The Labute approximate surface area is 113 Å². The summed E-state index contributed by atoms with van der Waals surface area (Å²) >= 11 is 0. The fourth-order valence-electron chi connectivity index (χ4n) is 1.13. The quantitative estimate of drug-likeness (QED) is 0.770. The minimum atomic E-state index is -0.521. The van der Waals surface area contributed by atoms with Gasteiger partial charge in [0, 0.05) is 12.8 Å². The number of halogens is 1. The molecule has 0 aliphatic heterocycles. The summed E-state index contributed by atoms with van der Waals surface area (Å²) in [7, 11) is 1.62. The number of nitrogens with two attached hydrogens (primary N) is 1. The zero-order chi connectivity index (χ0) is 12.7. The lowest BCUT2D eigenvalue weighted by atomic mass is 10.2. The number of amides is 1. The lowest BCUT2D eigenvalue weighted by molar-refractivity contribution is -0.117. The maximum atomic E-state index is 11.3. The highest BCUT2D eigenvalue weighted by Crippen LogP contribution is 2.15. The molecule has 1 amide bonds. The van der Waals surface area contributed by atoms with E-state index in [0.717, 1.165) is 5.75 Å². The number of methoxy groups -OCH3 is 1. The van der Waals surface area contributed by atoms with Crippen molar-refractivity contribution in [3.05, 3.63) is 24.3 Å². The molecule has 0 radical (unpaired) electrons. The van der Waals surface area contributed by atoms with Crippen molar-refractivity contribution >= 4 is 24.0 Å². The number of hydrogen-bond acceptors (Lipinski definition) is 4. The first kappa shape index (κ1) is 16.7. The number of anilines is 1. The van der Waals surface area contributed by atoms with Crippen molar-refractivity contribution in [2.24, 2.45) is 5.73 Å². The van der Waals surface area contributed by atoms with E-state index < -0.39 is 6.04 Å². The second kappa shape index (κ2) is 8.74. The molecule has 18 heavy (non-hydrogen) atoms. The van der Waals surface area contributed by atoms with E-state index in [4.69, 9.17) is 15.2 Å². The number of hydrogen-bond donors (Lipinski definition) is 2. The first-order valence-electron chi connectivity index (χ1n) is 5.41. The van der Waals surface area contributed by atoms with Crippen molar-refractivity contribution in [2.75, 3.05) is 25.6 Å². The van der Waals surface area contributed by atoms with Gasteiger partial charge in [0.15, 0.2) is 0 Å². The van der Waals surface area contributed by atoms with Crippen molar-refractivity contribution < 1.29 is 14.3 Å². The number of nitrogens with one attached hydrogen (secondary N) is 1. The van der Waals surface area contributed by atoms with Gasteiger partial charge < -0.3 is 20.5 Å². The van der Waals surface area contributed by atoms with Crippen LogP contribution in [0.25, 0.3) is 0 Å². The van der Waals surface area contributed by atoms with Crippen molar-refractivity contribution in [3.63, 3.8) is 0 Å². The zero-order valence-corrected chi connectivity index (χ0v) is 11.3. The smallest absolute Gasteiger partial charge is 0.240 e. The molecule has 0 aliphatic carbocycles. The maximum Gasteiger partial charge on any atom is 0.240 e. The molecular weight excluding hydrogens is 256 g/mol. The van der Waals surface area contributed by atoms with E-state index in [9.17, 15) is 4.79 Å². The summed E-state index contributed by atoms with van der Waals surface area (Å²) in [4.78, 5) is 11.3. The highest BCUT2D eigenvalue weighted by Gasteiger charge is 2.06. The second-order valence-electron chi connectivity index (χ2n) is 3.64. The Bertz CT molecular complexity index is 355. The summed E-state index contributed by atoms with van der Waals surface area (Å²) in [6.07, 6.45) is 0.